The minimum absolute atomic E-state index is 0.321. The van der Waals surface area contributed by atoms with Crippen molar-refractivity contribution in [2.45, 2.75) is 13.0 Å². The van der Waals surface area contributed by atoms with Crippen molar-refractivity contribution in [1.29, 1.82) is 0 Å². The summed E-state index contributed by atoms with van der Waals surface area (Å²) < 4.78 is 35.1. The summed E-state index contributed by atoms with van der Waals surface area (Å²) in [6.45, 7) is 1.52. The number of nitrogens with two attached hydrogens (primary N) is 2. The van der Waals surface area contributed by atoms with Gasteiger partial charge in [0.05, 0.1) is 5.69 Å². The maximum Gasteiger partial charge on any atom is 0.268 e. The highest BCUT2D eigenvalue weighted by Crippen LogP contribution is 2.24. The van der Waals surface area contributed by atoms with Crippen LogP contribution in [0.1, 0.15) is 6.92 Å². The third-order valence-electron chi connectivity index (χ3n) is 1.81. The predicted octanol–water partition coefficient (Wildman–Crippen LogP) is 0.506. The Hall–Kier alpha value is -1.47. The van der Waals surface area contributed by atoms with E-state index in [0.717, 1.165) is 0 Å². The Bertz CT molecular complexity index is 472. The number of ether oxygens (including phenoxy) is 1. The van der Waals surface area contributed by atoms with Crippen LogP contribution in [0.4, 0.5) is 11.4 Å². The van der Waals surface area contributed by atoms with Crippen LogP contribution < -0.4 is 16.2 Å². The van der Waals surface area contributed by atoms with Crippen LogP contribution in [0.3, 0.4) is 0 Å². The molecule has 0 aliphatic rings. The second kappa shape index (κ2) is 4.58. The first-order valence-corrected chi connectivity index (χ1v) is 6.15. The van der Waals surface area contributed by atoms with Crippen molar-refractivity contribution in [3.63, 3.8) is 0 Å². The summed E-state index contributed by atoms with van der Waals surface area (Å²) in [5, 5.41) is 0. The summed E-state index contributed by atoms with van der Waals surface area (Å²) in [6, 6.07) is 4.65. The van der Waals surface area contributed by atoms with Gasteiger partial charge in [0.15, 0.2) is 0 Å². The van der Waals surface area contributed by atoms with E-state index in [-0.39, 0.29) is 0 Å². The molecule has 1 unspecified atom stereocenters. The maximum absolute atomic E-state index is 10.6. The fourth-order valence-corrected chi connectivity index (χ4v) is 1.88. The van der Waals surface area contributed by atoms with Gasteiger partial charge >= 0.3 is 0 Å². The summed E-state index contributed by atoms with van der Waals surface area (Å²) in [7, 11) is -4.05. The zero-order valence-electron chi connectivity index (χ0n) is 8.75. The van der Waals surface area contributed by atoms with Gasteiger partial charge < -0.3 is 16.2 Å². The first-order chi connectivity index (χ1) is 7.28. The average molecular weight is 246 g/mol. The smallest absolute Gasteiger partial charge is 0.268 e. The van der Waals surface area contributed by atoms with Crippen LogP contribution in [0.5, 0.6) is 5.75 Å². The van der Waals surface area contributed by atoms with Crippen molar-refractivity contribution in [3.05, 3.63) is 18.2 Å². The van der Waals surface area contributed by atoms with Crippen LogP contribution in [-0.4, -0.2) is 24.8 Å². The lowest BCUT2D eigenvalue weighted by Gasteiger charge is -2.14. The van der Waals surface area contributed by atoms with Gasteiger partial charge in [-0.15, -0.1) is 0 Å². The standard InChI is InChI=1S/C9H14N2O4S/c1-6(5-16(12,13)14)15-9-3-2-7(10)4-8(9)11/h2-4,6H,5,10-11H2,1H3,(H,12,13,14). The van der Waals surface area contributed by atoms with Gasteiger partial charge in [-0.05, 0) is 25.1 Å². The van der Waals surface area contributed by atoms with Gasteiger partial charge in [0.25, 0.3) is 10.1 Å². The molecule has 0 aromatic heterocycles. The number of hydrogen-bond acceptors (Lipinski definition) is 5. The van der Waals surface area contributed by atoms with E-state index in [9.17, 15) is 8.42 Å². The van der Waals surface area contributed by atoms with Crippen molar-refractivity contribution < 1.29 is 17.7 Å². The van der Waals surface area contributed by atoms with Gasteiger partial charge in [-0.25, -0.2) is 0 Å². The lowest BCUT2D eigenvalue weighted by molar-refractivity contribution is 0.242. The van der Waals surface area contributed by atoms with Crippen molar-refractivity contribution >= 4 is 21.5 Å². The van der Waals surface area contributed by atoms with Crippen LogP contribution in [0.2, 0.25) is 0 Å². The highest BCUT2D eigenvalue weighted by Gasteiger charge is 2.14. The van der Waals surface area contributed by atoms with Gasteiger partial charge in [-0.3, -0.25) is 4.55 Å². The molecule has 0 spiro atoms. The van der Waals surface area contributed by atoms with Crippen molar-refractivity contribution in [2.24, 2.45) is 0 Å². The normalized spacial score (nSPS) is 13.4. The molecule has 0 amide bonds. The summed E-state index contributed by atoms with van der Waals surface area (Å²) in [5.74, 6) is -0.151. The second-order valence-corrected chi connectivity index (χ2v) is 4.97. The molecule has 1 rings (SSSR count). The van der Waals surface area contributed by atoms with Gasteiger partial charge in [-0.1, -0.05) is 0 Å². The average Bonchev–Trinajstić information content (AvgIpc) is 2.06. The Labute approximate surface area is 93.9 Å². The molecule has 1 atom stereocenters. The lowest BCUT2D eigenvalue weighted by atomic mass is 10.2. The molecule has 0 saturated carbocycles. The Morgan fingerprint density at radius 1 is 1.44 bits per heavy atom. The highest BCUT2D eigenvalue weighted by molar-refractivity contribution is 7.85. The Balaban J connectivity index is 2.73. The molecule has 0 saturated heterocycles. The molecule has 0 heterocycles. The van der Waals surface area contributed by atoms with Crippen LogP contribution in [0.15, 0.2) is 18.2 Å². The molecule has 0 aliphatic carbocycles. The van der Waals surface area contributed by atoms with Crippen LogP contribution in [0.25, 0.3) is 0 Å². The Kier molecular flexibility index (Phi) is 3.61. The van der Waals surface area contributed by atoms with Crippen LogP contribution >= 0.6 is 0 Å². The van der Waals surface area contributed by atoms with E-state index in [0.29, 0.717) is 17.1 Å². The third kappa shape index (κ3) is 3.95. The van der Waals surface area contributed by atoms with E-state index in [1.165, 1.54) is 13.0 Å². The van der Waals surface area contributed by atoms with Gasteiger partial charge in [-0.2, -0.15) is 8.42 Å². The molecular formula is C9H14N2O4S. The molecule has 90 valence electrons. The van der Waals surface area contributed by atoms with E-state index >= 15 is 0 Å². The number of anilines is 2. The van der Waals surface area contributed by atoms with Gasteiger partial charge in [0.1, 0.15) is 17.6 Å². The zero-order valence-corrected chi connectivity index (χ0v) is 9.57. The zero-order chi connectivity index (χ0) is 12.3. The summed E-state index contributed by atoms with van der Waals surface area (Å²) >= 11 is 0. The van der Waals surface area contributed by atoms with Crippen LogP contribution in [0, 0.1) is 0 Å². The molecule has 0 radical (unpaired) electrons. The molecule has 1 aromatic rings. The topological polar surface area (TPSA) is 116 Å². The SMILES string of the molecule is CC(CS(=O)(=O)O)Oc1ccc(N)cc1N. The quantitative estimate of drug-likeness (QED) is 0.526. The first-order valence-electron chi connectivity index (χ1n) is 4.55. The first kappa shape index (κ1) is 12.6. The van der Waals surface area contributed by atoms with Crippen molar-refractivity contribution in [2.75, 3.05) is 17.2 Å². The molecule has 5 N–H and O–H groups in total. The predicted molar refractivity (Wildman–Crippen MR) is 61.8 cm³/mol. The monoisotopic (exact) mass is 246 g/mol. The molecule has 1 aromatic carbocycles. The molecular weight excluding hydrogens is 232 g/mol. The fraction of sp³-hybridized carbons (Fsp3) is 0.333. The minimum atomic E-state index is -4.05. The van der Waals surface area contributed by atoms with Gasteiger partial charge in [0.2, 0.25) is 0 Å². The van der Waals surface area contributed by atoms with E-state index in [4.69, 9.17) is 20.8 Å². The molecule has 16 heavy (non-hydrogen) atoms. The van der Waals surface area contributed by atoms with Crippen molar-refractivity contribution in [1.82, 2.24) is 0 Å². The third-order valence-corrected chi connectivity index (χ3v) is 2.70. The number of nitrogen functional groups attached to an aromatic ring is 2. The molecule has 0 aliphatic heterocycles. The molecule has 0 bridgehead atoms. The maximum atomic E-state index is 10.6. The fourth-order valence-electron chi connectivity index (χ4n) is 1.22. The highest BCUT2D eigenvalue weighted by atomic mass is 32.2. The van der Waals surface area contributed by atoms with Gasteiger partial charge in [0, 0.05) is 5.69 Å². The summed E-state index contributed by atoms with van der Waals surface area (Å²) in [5.41, 5.74) is 11.9. The van der Waals surface area contributed by atoms with E-state index < -0.39 is 22.0 Å². The lowest BCUT2D eigenvalue weighted by Crippen LogP contribution is -2.23. The minimum Gasteiger partial charge on any atom is -0.487 e. The number of hydrogen-bond donors (Lipinski definition) is 3. The molecule has 0 fully saturated rings. The Morgan fingerprint density at radius 3 is 2.56 bits per heavy atom. The Morgan fingerprint density at radius 2 is 2.06 bits per heavy atom. The summed E-state index contributed by atoms with van der Waals surface area (Å²) in [4.78, 5) is 0. The second-order valence-electron chi connectivity index (χ2n) is 3.47. The largest absolute Gasteiger partial charge is 0.487 e. The van der Waals surface area contributed by atoms with E-state index in [1.54, 1.807) is 12.1 Å². The van der Waals surface area contributed by atoms with E-state index in [2.05, 4.69) is 0 Å². The number of rotatable bonds is 4. The number of benzene rings is 1. The van der Waals surface area contributed by atoms with Crippen molar-refractivity contribution in [3.8, 4) is 5.75 Å². The van der Waals surface area contributed by atoms with Crippen LogP contribution in [-0.2, 0) is 10.1 Å². The molecule has 7 heteroatoms. The summed E-state index contributed by atoms with van der Waals surface area (Å²) in [6.07, 6.45) is -0.694. The molecule has 6 nitrogen and oxygen atoms in total. The van der Waals surface area contributed by atoms with E-state index in [1.807, 2.05) is 0 Å².